The van der Waals surface area contributed by atoms with Gasteiger partial charge in [0.05, 0.1) is 6.04 Å². The van der Waals surface area contributed by atoms with Crippen LogP contribution in [-0.4, -0.2) is 30.9 Å². The Morgan fingerprint density at radius 3 is 2.55 bits per heavy atom. The molecule has 1 aromatic carbocycles. The molecule has 1 atom stereocenters. The van der Waals surface area contributed by atoms with Gasteiger partial charge in [0, 0.05) is 19.5 Å². The molecule has 0 aliphatic rings. The van der Waals surface area contributed by atoms with Crippen LogP contribution in [0.4, 0.5) is 0 Å². The van der Waals surface area contributed by atoms with Crippen LogP contribution < -0.4 is 16.4 Å². The summed E-state index contributed by atoms with van der Waals surface area (Å²) < 4.78 is 0. The van der Waals surface area contributed by atoms with E-state index in [1.54, 1.807) is 0 Å². The summed E-state index contributed by atoms with van der Waals surface area (Å²) >= 11 is 0. The van der Waals surface area contributed by atoms with Crippen molar-refractivity contribution in [2.24, 2.45) is 5.73 Å². The highest BCUT2D eigenvalue weighted by Gasteiger charge is 2.13. The number of aryl methyl sites for hydroxylation is 1. The lowest BCUT2D eigenvalue weighted by Crippen LogP contribution is -2.42. The quantitative estimate of drug-likeness (QED) is 0.650. The van der Waals surface area contributed by atoms with Gasteiger partial charge in [0.15, 0.2) is 0 Å². The van der Waals surface area contributed by atoms with Gasteiger partial charge in [-0.3, -0.25) is 9.59 Å². The second-order valence-electron chi connectivity index (χ2n) is 4.63. The molecule has 0 bridgehead atoms. The zero-order valence-electron chi connectivity index (χ0n) is 11.9. The Morgan fingerprint density at radius 2 is 1.90 bits per heavy atom. The molecule has 1 aromatic rings. The summed E-state index contributed by atoms with van der Waals surface area (Å²) in [5.41, 5.74) is 6.99. The van der Waals surface area contributed by atoms with Crippen LogP contribution in [0.15, 0.2) is 30.3 Å². The minimum absolute atomic E-state index is 0.0642. The van der Waals surface area contributed by atoms with E-state index in [1.807, 2.05) is 37.3 Å². The molecule has 0 radical (unpaired) electrons. The van der Waals surface area contributed by atoms with E-state index >= 15 is 0 Å². The third-order valence-electron chi connectivity index (χ3n) is 2.95. The van der Waals surface area contributed by atoms with E-state index in [9.17, 15) is 9.59 Å². The number of benzene rings is 1. The molecule has 0 fully saturated rings. The molecule has 0 spiro atoms. The number of hydrogen-bond donors (Lipinski definition) is 3. The van der Waals surface area contributed by atoms with E-state index in [0.29, 0.717) is 19.5 Å². The maximum atomic E-state index is 11.7. The Labute approximate surface area is 119 Å². The average molecular weight is 277 g/mol. The molecule has 0 unspecified atom stereocenters. The first-order valence-electron chi connectivity index (χ1n) is 6.97. The van der Waals surface area contributed by atoms with E-state index in [2.05, 4.69) is 10.6 Å². The first kappa shape index (κ1) is 16.2. The smallest absolute Gasteiger partial charge is 0.236 e. The highest BCUT2D eigenvalue weighted by molar-refractivity contribution is 5.82. The molecule has 0 saturated carbocycles. The zero-order valence-corrected chi connectivity index (χ0v) is 11.9. The molecule has 0 aliphatic carbocycles. The summed E-state index contributed by atoms with van der Waals surface area (Å²) in [6, 6.07) is 9.38. The van der Waals surface area contributed by atoms with E-state index in [-0.39, 0.29) is 18.2 Å². The summed E-state index contributed by atoms with van der Waals surface area (Å²) in [5, 5.41) is 5.36. The molecule has 0 saturated heterocycles. The summed E-state index contributed by atoms with van der Waals surface area (Å²) in [6.45, 7) is 2.78. The summed E-state index contributed by atoms with van der Waals surface area (Å²) in [5.74, 6) is -0.268. The van der Waals surface area contributed by atoms with Crippen molar-refractivity contribution in [2.75, 3.05) is 13.1 Å². The van der Waals surface area contributed by atoms with Crippen LogP contribution in [0.2, 0.25) is 0 Å². The average Bonchev–Trinajstić information content (AvgIpc) is 2.46. The van der Waals surface area contributed by atoms with Crippen molar-refractivity contribution in [1.82, 2.24) is 10.6 Å². The van der Waals surface area contributed by atoms with Crippen LogP contribution in [0.5, 0.6) is 0 Å². The fourth-order valence-corrected chi connectivity index (χ4v) is 1.81. The fourth-order valence-electron chi connectivity index (χ4n) is 1.81. The van der Waals surface area contributed by atoms with Crippen LogP contribution in [0.25, 0.3) is 0 Å². The lowest BCUT2D eigenvalue weighted by atomic mass is 10.1. The Bertz CT molecular complexity index is 420. The summed E-state index contributed by atoms with van der Waals surface area (Å²) in [7, 11) is 0. The molecular weight excluding hydrogens is 254 g/mol. The number of amides is 2. The molecule has 1 rings (SSSR count). The minimum atomic E-state index is -0.538. The van der Waals surface area contributed by atoms with Gasteiger partial charge in [-0.25, -0.2) is 0 Å². The topological polar surface area (TPSA) is 84.2 Å². The van der Waals surface area contributed by atoms with E-state index in [1.165, 1.54) is 0 Å². The predicted octanol–water partition coefficient (Wildman–Crippen LogP) is 0.589. The molecule has 110 valence electrons. The maximum Gasteiger partial charge on any atom is 0.236 e. The van der Waals surface area contributed by atoms with Crippen LogP contribution in [-0.2, 0) is 16.0 Å². The second kappa shape index (κ2) is 9.09. The fraction of sp³-hybridized carbons (Fsp3) is 0.467. The lowest BCUT2D eigenvalue weighted by molar-refractivity contribution is -0.123. The van der Waals surface area contributed by atoms with Crippen molar-refractivity contribution in [3.05, 3.63) is 35.9 Å². The normalized spacial score (nSPS) is 11.7. The van der Waals surface area contributed by atoms with Gasteiger partial charge in [-0.15, -0.1) is 0 Å². The highest BCUT2D eigenvalue weighted by atomic mass is 16.2. The van der Waals surface area contributed by atoms with Gasteiger partial charge >= 0.3 is 0 Å². The van der Waals surface area contributed by atoms with Gasteiger partial charge in [-0.1, -0.05) is 30.3 Å². The van der Waals surface area contributed by atoms with Crippen molar-refractivity contribution in [1.29, 1.82) is 0 Å². The van der Waals surface area contributed by atoms with Gasteiger partial charge in [-0.05, 0) is 25.3 Å². The molecule has 2 amide bonds. The van der Waals surface area contributed by atoms with Gasteiger partial charge in [0.25, 0.3) is 0 Å². The number of carbonyl (C=O) groups is 2. The molecule has 5 heteroatoms. The highest BCUT2D eigenvalue weighted by Crippen LogP contribution is 2.04. The zero-order chi connectivity index (χ0) is 14.8. The molecule has 4 N–H and O–H groups in total. The van der Waals surface area contributed by atoms with Crippen LogP contribution in [0.1, 0.15) is 25.3 Å². The minimum Gasteiger partial charge on any atom is -0.356 e. The van der Waals surface area contributed by atoms with Crippen LogP contribution in [0.3, 0.4) is 0 Å². The van der Waals surface area contributed by atoms with E-state index in [4.69, 9.17) is 5.73 Å². The first-order chi connectivity index (χ1) is 9.63. The van der Waals surface area contributed by atoms with E-state index in [0.717, 1.165) is 12.0 Å². The predicted molar refractivity (Wildman–Crippen MR) is 79.0 cm³/mol. The largest absolute Gasteiger partial charge is 0.356 e. The van der Waals surface area contributed by atoms with Crippen molar-refractivity contribution >= 4 is 11.8 Å². The number of nitrogens with one attached hydrogen (secondary N) is 2. The number of hydrogen-bond acceptors (Lipinski definition) is 3. The molecule has 0 aliphatic heterocycles. The monoisotopic (exact) mass is 277 g/mol. The number of nitrogens with two attached hydrogens (primary N) is 1. The Kier molecular flexibility index (Phi) is 7.35. The van der Waals surface area contributed by atoms with Gasteiger partial charge < -0.3 is 16.4 Å². The third-order valence-corrected chi connectivity index (χ3v) is 2.95. The van der Waals surface area contributed by atoms with Gasteiger partial charge in [-0.2, -0.15) is 0 Å². The van der Waals surface area contributed by atoms with E-state index < -0.39 is 6.04 Å². The Balaban J connectivity index is 2.21. The second-order valence-corrected chi connectivity index (χ2v) is 4.63. The van der Waals surface area contributed by atoms with Gasteiger partial charge in [0.1, 0.15) is 0 Å². The SMILES string of the molecule is CCNC(=O)CCNC(=O)[C@@H](N)CCc1ccccc1. The van der Waals surface area contributed by atoms with Crippen molar-refractivity contribution in [2.45, 2.75) is 32.2 Å². The van der Waals surface area contributed by atoms with Crippen LogP contribution >= 0.6 is 0 Å². The first-order valence-corrected chi connectivity index (χ1v) is 6.97. The molecule has 0 heterocycles. The summed E-state index contributed by atoms with van der Waals surface area (Å²) in [6.07, 6.45) is 1.65. The molecular formula is C15H23N3O2. The summed E-state index contributed by atoms with van der Waals surface area (Å²) in [4.78, 5) is 22.9. The molecule has 0 aromatic heterocycles. The third kappa shape index (κ3) is 6.33. The Morgan fingerprint density at radius 1 is 1.20 bits per heavy atom. The molecule has 5 nitrogen and oxygen atoms in total. The Hall–Kier alpha value is -1.88. The standard InChI is InChI=1S/C15H23N3O2/c1-2-17-14(19)10-11-18-15(20)13(16)9-8-12-6-4-3-5-7-12/h3-7,13H,2,8-11,16H2,1H3,(H,17,19)(H,18,20)/t13-/m0/s1. The number of rotatable bonds is 8. The van der Waals surface area contributed by atoms with Crippen molar-refractivity contribution in [3.63, 3.8) is 0 Å². The van der Waals surface area contributed by atoms with Gasteiger partial charge in [0.2, 0.25) is 11.8 Å². The van der Waals surface area contributed by atoms with Crippen molar-refractivity contribution < 1.29 is 9.59 Å². The number of carbonyl (C=O) groups excluding carboxylic acids is 2. The van der Waals surface area contributed by atoms with Crippen molar-refractivity contribution in [3.8, 4) is 0 Å². The molecule has 20 heavy (non-hydrogen) atoms. The lowest BCUT2D eigenvalue weighted by Gasteiger charge is -2.12. The van der Waals surface area contributed by atoms with Crippen LogP contribution in [0, 0.1) is 0 Å². The maximum absolute atomic E-state index is 11.7.